The molecular formula is C20H14N4O. The molecule has 0 fully saturated rings. The number of benzene rings is 2. The minimum absolute atomic E-state index is 0.510. The van der Waals surface area contributed by atoms with E-state index in [4.69, 9.17) is 11.3 Å². The lowest BCUT2D eigenvalue weighted by molar-refractivity contribution is 0.306. The van der Waals surface area contributed by atoms with Gasteiger partial charge in [-0.15, -0.1) is 5.10 Å². The third-order valence-electron chi connectivity index (χ3n) is 3.81. The van der Waals surface area contributed by atoms with E-state index in [0.29, 0.717) is 18.1 Å². The highest BCUT2D eigenvalue weighted by Crippen LogP contribution is 2.22. The number of rotatable bonds is 4. The van der Waals surface area contributed by atoms with Gasteiger partial charge in [-0.25, -0.2) is 14.3 Å². The Balaban J connectivity index is 1.57. The van der Waals surface area contributed by atoms with Gasteiger partial charge >= 0.3 is 0 Å². The van der Waals surface area contributed by atoms with E-state index in [1.807, 2.05) is 60.8 Å². The molecule has 4 aromatic rings. The average Bonchev–Trinajstić information content (AvgIpc) is 3.10. The predicted octanol–water partition coefficient (Wildman–Crippen LogP) is 4.53. The number of ether oxygens (including phenoxy) is 1. The van der Waals surface area contributed by atoms with Crippen molar-refractivity contribution < 1.29 is 4.74 Å². The molecule has 25 heavy (non-hydrogen) atoms. The summed E-state index contributed by atoms with van der Waals surface area (Å²) in [6.07, 6.45) is 1.83. The molecule has 0 spiro atoms. The molecule has 2 aromatic carbocycles. The van der Waals surface area contributed by atoms with Gasteiger partial charge in [0.25, 0.3) is 0 Å². The summed E-state index contributed by atoms with van der Waals surface area (Å²) in [6.45, 7) is 7.52. The van der Waals surface area contributed by atoms with Crippen molar-refractivity contribution in [3.63, 3.8) is 0 Å². The minimum Gasteiger partial charge on any atom is -0.489 e. The van der Waals surface area contributed by atoms with Crippen LogP contribution in [-0.2, 0) is 6.61 Å². The molecule has 0 radical (unpaired) electrons. The van der Waals surface area contributed by atoms with E-state index in [0.717, 1.165) is 22.5 Å². The normalized spacial score (nSPS) is 10.5. The number of pyridine rings is 1. The van der Waals surface area contributed by atoms with Crippen molar-refractivity contribution in [2.24, 2.45) is 0 Å². The molecule has 0 aliphatic carbocycles. The molecule has 0 unspecified atom stereocenters. The van der Waals surface area contributed by atoms with Gasteiger partial charge in [-0.05, 0) is 11.6 Å². The molecule has 5 heteroatoms. The number of aromatic nitrogens is 3. The molecule has 0 amide bonds. The first-order chi connectivity index (χ1) is 12.3. The van der Waals surface area contributed by atoms with E-state index in [9.17, 15) is 0 Å². The fourth-order valence-electron chi connectivity index (χ4n) is 2.50. The lowest BCUT2D eigenvalue weighted by Gasteiger charge is -2.05. The Morgan fingerprint density at radius 1 is 1.00 bits per heavy atom. The quantitative estimate of drug-likeness (QED) is 0.518. The van der Waals surface area contributed by atoms with Crippen LogP contribution in [-0.4, -0.2) is 14.6 Å². The molecule has 4 rings (SSSR count). The molecule has 2 heterocycles. The standard InChI is InChI=1S/C20H14N4O/c1-21-17-9-7-16(8-10-17)20-22-19-13-18(11-12-24(19)23-20)25-14-15-5-3-2-4-6-15/h2-13H,14H2. The maximum absolute atomic E-state index is 7.01. The molecule has 0 atom stereocenters. The number of hydrogen-bond acceptors (Lipinski definition) is 3. The third kappa shape index (κ3) is 3.19. The summed E-state index contributed by atoms with van der Waals surface area (Å²) in [7, 11) is 0. The first-order valence-corrected chi connectivity index (χ1v) is 7.83. The Morgan fingerprint density at radius 2 is 1.80 bits per heavy atom. The van der Waals surface area contributed by atoms with Crippen LogP contribution in [0.15, 0.2) is 72.9 Å². The van der Waals surface area contributed by atoms with Crippen LogP contribution < -0.4 is 4.74 Å². The van der Waals surface area contributed by atoms with E-state index in [-0.39, 0.29) is 0 Å². The number of hydrogen-bond donors (Lipinski definition) is 0. The molecule has 0 aliphatic rings. The zero-order chi connectivity index (χ0) is 17.1. The molecule has 5 nitrogen and oxygen atoms in total. The summed E-state index contributed by atoms with van der Waals surface area (Å²) in [4.78, 5) is 7.94. The highest BCUT2D eigenvalue weighted by atomic mass is 16.5. The lowest BCUT2D eigenvalue weighted by Crippen LogP contribution is -1.96. The molecule has 120 valence electrons. The van der Waals surface area contributed by atoms with Crippen LogP contribution in [0, 0.1) is 6.57 Å². The summed E-state index contributed by atoms with van der Waals surface area (Å²) in [6, 6.07) is 21.0. The van der Waals surface area contributed by atoms with Gasteiger partial charge in [-0.3, -0.25) is 0 Å². The van der Waals surface area contributed by atoms with Gasteiger partial charge < -0.3 is 4.74 Å². The van der Waals surface area contributed by atoms with Crippen molar-refractivity contribution in [3.8, 4) is 17.1 Å². The summed E-state index contributed by atoms with van der Waals surface area (Å²) in [5.41, 5.74) is 3.31. The van der Waals surface area contributed by atoms with Crippen LogP contribution in [0.25, 0.3) is 21.9 Å². The van der Waals surface area contributed by atoms with Crippen molar-refractivity contribution >= 4 is 11.3 Å². The maximum atomic E-state index is 7.01. The largest absolute Gasteiger partial charge is 0.489 e. The van der Waals surface area contributed by atoms with Crippen LogP contribution in [0.2, 0.25) is 0 Å². The van der Waals surface area contributed by atoms with Crippen LogP contribution in [0.4, 0.5) is 5.69 Å². The van der Waals surface area contributed by atoms with Gasteiger partial charge in [-0.1, -0.05) is 54.6 Å². The molecule has 2 aromatic heterocycles. The van der Waals surface area contributed by atoms with E-state index < -0.39 is 0 Å². The highest BCUT2D eigenvalue weighted by molar-refractivity contribution is 5.62. The van der Waals surface area contributed by atoms with Gasteiger partial charge in [0.1, 0.15) is 12.4 Å². The van der Waals surface area contributed by atoms with Gasteiger partial charge in [0.05, 0.1) is 6.57 Å². The molecule has 0 bridgehead atoms. The summed E-state index contributed by atoms with van der Waals surface area (Å²) in [5.74, 6) is 1.37. The van der Waals surface area contributed by atoms with Crippen LogP contribution in [0.5, 0.6) is 5.75 Å². The monoisotopic (exact) mass is 326 g/mol. The maximum Gasteiger partial charge on any atom is 0.187 e. The number of nitrogens with zero attached hydrogens (tertiary/aromatic N) is 4. The topological polar surface area (TPSA) is 43.8 Å². The van der Waals surface area contributed by atoms with Crippen molar-refractivity contribution in [2.45, 2.75) is 6.61 Å². The summed E-state index contributed by atoms with van der Waals surface area (Å²) >= 11 is 0. The smallest absolute Gasteiger partial charge is 0.187 e. The third-order valence-corrected chi connectivity index (χ3v) is 3.81. The van der Waals surface area contributed by atoms with E-state index in [1.54, 1.807) is 16.6 Å². The molecule has 0 aliphatic heterocycles. The Labute approximate surface area is 145 Å². The van der Waals surface area contributed by atoms with Crippen molar-refractivity contribution in [3.05, 3.63) is 89.9 Å². The SMILES string of the molecule is [C-]#[N+]c1ccc(-c2nc3cc(OCc4ccccc4)ccn3n2)cc1. The lowest BCUT2D eigenvalue weighted by atomic mass is 10.2. The minimum atomic E-state index is 0.510. The second-order valence-electron chi connectivity index (χ2n) is 5.53. The summed E-state index contributed by atoms with van der Waals surface area (Å²) in [5, 5.41) is 4.47. The predicted molar refractivity (Wildman–Crippen MR) is 95.5 cm³/mol. The Kier molecular flexibility index (Phi) is 3.85. The fraction of sp³-hybridized carbons (Fsp3) is 0.0500. The van der Waals surface area contributed by atoms with Crippen molar-refractivity contribution in [1.82, 2.24) is 14.6 Å². The molecular weight excluding hydrogens is 312 g/mol. The second-order valence-corrected chi connectivity index (χ2v) is 5.53. The molecule has 0 saturated carbocycles. The van der Waals surface area contributed by atoms with E-state index in [2.05, 4.69) is 14.9 Å². The molecule has 0 saturated heterocycles. The highest BCUT2D eigenvalue weighted by Gasteiger charge is 2.07. The second kappa shape index (κ2) is 6.46. The van der Waals surface area contributed by atoms with Crippen molar-refractivity contribution in [2.75, 3.05) is 0 Å². The van der Waals surface area contributed by atoms with E-state index in [1.165, 1.54) is 0 Å². The van der Waals surface area contributed by atoms with Crippen molar-refractivity contribution in [1.29, 1.82) is 0 Å². The fourth-order valence-corrected chi connectivity index (χ4v) is 2.50. The zero-order valence-electron chi connectivity index (χ0n) is 13.3. The Hall–Kier alpha value is -3.65. The summed E-state index contributed by atoms with van der Waals surface area (Å²) < 4.78 is 7.55. The van der Waals surface area contributed by atoms with Gasteiger partial charge in [0.15, 0.2) is 17.2 Å². The number of fused-ring (bicyclic) bond motifs is 1. The Bertz CT molecular complexity index is 1050. The average molecular weight is 326 g/mol. The van der Waals surface area contributed by atoms with Gasteiger partial charge in [0, 0.05) is 17.8 Å². The first-order valence-electron chi connectivity index (χ1n) is 7.83. The van der Waals surface area contributed by atoms with Crippen LogP contribution in [0.3, 0.4) is 0 Å². The Morgan fingerprint density at radius 3 is 2.56 bits per heavy atom. The van der Waals surface area contributed by atoms with E-state index >= 15 is 0 Å². The van der Waals surface area contributed by atoms with Gasteiger partial charge in [0.2, 0.25) is 0 Å². The van der Waals surface area contributed by atoms with Crippen LogP contribution in [0.1, 0.15) is 5.56 Å². The molecule has 0 N–H and O–H groups in total. The van der Waals surface area contributed by atoms with Crippen LogP contribution >= 0.6 is 0 Å². The zero-order valence-corrected chi connectivity index (χ0v) is 13.3. The first kappa shape index (κ1) is 14.9. The van der Waals surface area contributed by atoms with Gasteiger partial charge in [-0.2, -0.15) is 0 Å².